The summed E-state index contributed by atoms with van der Waals surface area (Å²) >= 11 is 0. The van der Waals surface area contributed by atoms with Crippen LogP contribution in [0.3, 0.4) is 0 Å². The monoisotopic (exact) mass is 254 g/mol. The zero-order valence-corrected chi connectivity index (χ0v) is 11.7. The van der Waals surface area contributed by atoms with Crippen LogP contribution in [0, 0.1) is 27.7 Å². The zero-order valence-electron chi connectivity index (χ0n) is 11.7. The second-order valence-corrected chi connectivity index (χ2v) is 5.02. The molecule has 0 spiro atoms. The zero-order chi connectivity index (χ0) is 14.2. The molecule has 0 saturated carbocycles. The van der Waals surface area contributed by atoms with E-state index in [0.717, 1.165) is 5.56 Å². The fraction of sp³-hybridized carbons (Fsp3) is 0.235. The minimum absolute atomic E-state index is 0.323. The van der Waals surface area contributed by atoms with E-state index in [1.54, 1.807) is 12.1 Å². The molecule has 0 saturated heterocycles. The molecule has 0 unspecified atom stereocenters. The fourth-order valence-electron chi connectivity index (χ4n) is 2.43. The van der Waals surface area contributed by atoms with Crippen molar-refractivity contribution in [2.24, 2.45) is 0 Å². The quantitative estimate of drug-likeness (QED) is 0.868. The van der Waals surface area contributed by atoms with Gasteiger partial charge in [-0.25, -0.2) is 4.79 Å². The summed E-state index contributed by atoms with van der Waals surface area (Å²) in [5.41, 5.74) is 7.66. The third kappa shape index (κ3) is 2.39. The molecule has 2 nitrogen and oxygen atoms in total. The van der Waals surface area contributed by atoms with Gasteiger partial charge in [-0.1, -0.05) is 18.2 Å². The summed E-state index contributed by atoms with van der Waals surface area (Å²) in [6.45, 7) is 8.44. The molecular weight excluding hydrogens is 236 g/mol. The minimum Gasteiger partial charge on any atom is -0.478 e. The first kappa shape index (κ1) is 13.3. The number of aromatic carboxylic acids is 1. The van der Waals surface area contributed by atoms with Gasteiger partial charge < -0.3 is 5.11 Å². The number of hydrogen-bond donors (Lipinski definition) is 1. The first-order valence-corrected chi connectivity index (χ1v) is 6.33. The van der Waals surface area contributed by atoms with E-state index in [1.165, 1.54) is 27.8 Å². The molecular formula is C17H18O2. The van der Waals surface area contributed by atoms with Crippen LogP contribution in [0.25, 0.3) is 11.1 Å². The van der Waals surface area contributed by atoms with Gasteiger partial charge in [0.15, 0.2) is 0 Å². The molecule has 1 N–H and O–H groups in total. The van der Waals surface area contributed by atoms with Crippen LogP contribution >= 0.6 is 0 Å². The van der Waals surface area contributed by atoms with Gasteiger partial charge >= 0.3 is 5.97 Å². The molecule has 0 aliphatic heterocycles. The molecule has 0 atom stereocenters. The molecule has 2 rings (SSSR count). The average molecular weight is 254 g/mol. The van der Waals surface area contributed by atoms with Crippen LogP contribution < -0.4 is 0 Å². The molecule has 0 radical (unpaired) electrons. The third-order valence-corrected chi connectivity index (χ3v) is 3.79. The van der Waals surface area contributed by atoms with E-state index >= 15 is 0 Å². The normalized spacial score (nSPS) is 10.5. The van der Waals surface area contributed by atoms with Crippen LogP contribution in [0.2, 0.25) is 0 Å². The molecule has 0 fully saturated rings. The molecule has 0 bridgehead atoms. The van der Waals surface area contributed by atoms with Crippen molar-refractivity contribution in [3.63, 3.8) is 0 Å². The van der Waals surface area contributed by atoms with E-state index in [1.807, 2.05) is 12.1 Å². The minimum atomic E-state index is -0.889. The highest BCUT2D eigenvalue weighted by molar-refractivity contribution is 5.88. The van der Waals surface area contributed by atoms with Gasteiger partial charge in [0, 0.05) is 0 Å². The van der Waals surface area contributed by atoms with Crippen LogP contribution in [0.4, 0.5) is 0 Å². The van der Waals surface area contributed by atoms with Gasteiger partial charge in [-0.15, -0.1) is 0 Å². The lowest BCUT2D eigenvalue weighted by Gasteiger charge is -2.15. The van der Waals surface area contributed by atoms with Crippen LogP contribution in [0.5, 0.6) is 0 Å². The van der Waals surface area contributed by atoms with Crippen molar-refractivity contribution in [1.82, 2.24) is 0 Å². The Balaban J connectivity index is 2.62. The Morgan fingerprint density at radius 3 is 1.79 bits per heavy atom. The van der Waals surface area contributed by atoms with E-state index in [4.69, 9.17) is 5.11 Å². The van der Waals surface area contributed by atoms with Gasteiger partial charge in [-0.05, 0) is 73.2 Å². The maximum Gasteiger partial charge on any atom is 0.335 e. The van der Waals surface area contributed by atoms with E-state index in [0.29, 0.717) is 5.56 Å². The summed E-state index contributed by atoms with van der Waals surface area (Å²) in [5.74, 6) is -0.889. The molecule has 0 heterocycles. The van der Waals surface area contributed by atoms with Crippen LogP contribution in [-0.2, 0) is 0 Å². The lowest BCUT2D eigenvalue weighted by molar-refractivity contribution is 0.0697. The van der Waals surface area contributed by atoms with Gasteiger partial charge in [0.05, 0.1) is 5.56 Å². The van der Waals surface area contributed by atoms with Gasteiger partial charge in [0.25, 0.3) is 0 Å². The van der Waals surface area contributed by atoms with Gasteiger partial charge in [0.1, 0.15) is 0 Å². The predicted octanol–water partition coefficient (Wildman–Crippen LogP) is 4.29. The number of carbonyl (C=O) groups is 1. The highest BCUT2D eigenvalue weighted by atomic mass is 16.4. The summed E-state index contributed by atoms with van der Waals surface area (Å²) in [4.78, 5) is 10.9. The van der Waals surface area contributed by atoms with Crippen LogP contribution in [-0.4, -0.2) is 11.1 Å². The first-order chi connectivity index (χ1) is 8.91. The second kappa shape index (κ2) is 4.88. The Labute approximate surface area is 113 Å². The number of carboxylic acids is 1. The Morgan fingerprint density at radius 2 is 1.37 bits per heavy atom. The topological polar surface area (TPSA) is 37.3 Å². The number of benzene rings is 2. The summed E-state index contributed by atoms with van der Waals surface area (Å²) in [6.07, 6.45) is 0. The summed E-state index contributed by atoms with van der Waals surface area (Å²) in [5, 5.41) is 8.94. The van der Waals surface area contributed by atoms with E-state index in [-0.39, 0.29) is 0 Å². The van der Waals surface area contributed by atoms with Crippen molar-refractivity contribution >= 4 is 5.97 Å². The molecule has 2 aromatic rings. The number of hydrogen-bond acceptors (Lipinski definition) is 1. The Kier molecular flexibility index (Phi) is 3.43. The lowest BCUT2D eigenvalue weighted by atomic mass is 9.89. The summed E-state index contributed by atoms with van der Waals surface area (Å²) in [6, 6.07) is 9.29. The van der Waals surface area contributed by atoms with E-state index < -0.39 is 5.97 Å². The van der Waals surface area contributed by atoms with Crippen molar-refractivity contribution in [3.05, 3.63) is 58.1 Å². The van der Waals surface area contributed by atoms with Crippen molar-refractivity contribution in [2.75, 3.05) is 0 Å². The third-order valence-electron chi connectivity index (χ3n) is 3.79. The molecule has 0 aliphatic carbocycles. The standard InChI is InChI=1S/C17H18O2/c1-10-9-11(2)13(4)16(12(10)3)14-5-7-15(8-6-14)17(18)19/h5-9H,1-4H3,(H,18,19). The van der Waals surface area contributed by atoms with E-state index in [2.05, 4.69) is 33.8 Å². The first-order valence-electron chi connectivity index (χ1n) is 6.33. The molecule has 98 valence electrons. The van der Waals surface area contributed by atoms with E-state index in [9.17, 15) is 4.79 Å². The molecule has 0 aromatic heterocycles. The Morgan fingerprint density at radius 1 is 0.895 bits per heavy atom. The smallest absolute Gasteiger partial charge is 0.335 e. The highest BCUT2D eigenvalue weighted by Crippen LogP contribution is 2.31. The van der Waals surface area contributed by atoms with Crippen LogP contribution in [0.1, 0.15) is 32.6 Å². The molecule has 19 heavy (non-hydrogen) atoms. The predicted molar refractivity (Wildman–Crippen MR) is 77.8 cm³/mol. The van der Waals surface area contributed by atoms with Crippen molar-refractivity contribution < 1.29 is 9.90 Å². The molecule has 0 amide bonds. The lowest BCUT2D eigenvalue weighted by Crippen LogP contribution is -1.97. The summed E-state index contributed by atoms with van der Waals surface area (Å²) < 4.78 is 0. The van der Waals surface area contributed by atoms with Gasteiger partial charge in [-0.2, -0.15) is 0 Å². The average Bonchev–Trinajstić information content (AvgIpc) is 2.37. The number of aryl methyl sites for hydroxylation is 2. The van der Waals surface area contributed by atoms with Crippen molar-refractivity contribution in [2.45, 2.75) is 27.7 Å². The summed E-state index contributed by atoms with van der Waals surface area (Å²) in [7, 11) is 0. The molecule has 2 aromatic carbocycles. The van der Waals surface area contributed by atoms with Crippen LogP contribution in [0.15, 0.2) is 30.3 Å². The van der Waals surface area contributed by atoms with Gasteiger partial charge in [0.2, 0.25) is 0 Å². The van der Waals surface area contributed by atoms with Gasteiger partial charge in [-0.3, -0.25) is 0 Å². The highest BCUT2D eigenvalue weighted by Gasteiger charge is 2.11. The maximum absolute atomic E-state index is 10.9. The SMILES string of the molecule is Cc1cc(C)c(C)c(-c2ccc(C(=O)O)cc2)c1C. The largest absolute Gasteiger partial charge is 0.478 e. The Bertz CT molecular complexity index is 611. The van der Waals surface area contributed by atoms with Crippen molar-refractivity contribution in [3.8, 4) is 11.1 Å². The molecule has 2 heteroatoms. The fourth-order valence-corrected chi connectivity index (χ4v) is 2.43. The maximum atomic E-state index is 10.9. The number of carboxylic acid groups (broad SMARTS) is 1. The second-order valence-electron chi connectivity index (χ2n) is 5.02. The molecule has 0 aliphatic rings. The van der Waals surface area contributed by atoms with Crippen molar-refractivity contribution in [1.29, 1.82) is 0 Å². The Hall–Kier alpha value is -2.09. The number of rotatable bonds is 2.